The van der Waals surface area contributed by atoms with Gasteiger partial charge >= 0.3 is 0 Å². The average molecular weight is 387 g/mol. The first-order valence-corrected chi connectivity index (χ1v) is 10.3. The lowest BCUT2D eigenvalue weighted by atomic mass is 10.1. The van der Waals surface area contributed by atoms with Gasteiger partial charge in [0, 0.05) is 16.5 Å². The van der Waals surface area contributed by atoms with Crippen LogP contribution in [-0.2, 0) is 14.3 Å². The van der Waals surface area contributed by atoms with Crippen LogP contribution in [0.25, 0.3) is 38.3 Å². The molecule has 0 bridgehead atoms. The van der Waals surface area contributed by atoms with Crippen LogP contribution in [0, 0.1) is 0 Å². The van der Waals surface area contributed by atoms with E-state index in [1.165, 1.54) is 17.9 Å². The third-order valence-corrected chi connectivity index (χ3v) is 6.41. The van der Waals surface area contributed by atoms with Crippen LogP contribution in [0.2, 0.25) is 0 Å². The van der Waals surface area contributed by atoms with Crippen LogP contribution in [-0.4, -0.2) is 20.1 Å². The molecule has 5 rings (SSSR count). The van der Waals surface area contributed by atoms with Crippen molar-refractivity contribution in [3.8, 4) is 5.69 Å². The second kappa shape index (κ2) is 6.19. The van der Waals surface area contributed by atoms with E-state index in [1.54, 1.807) is 12.1 Å². The molecule has 0 N–H and O–H groups in total. The molecular formula is C23H17NO3S. The SMILES string of the molecule is COS(=O)(=O)c1ccc2cc(-n3c4ccccc4c4ccccc43)ccc2c1. The van der Waals surface area contributed by atoms with Gasteiger partial charge in [-0.15, -0.1) is 0 Å². The lowest BCUT2D eigenvalue weighted by Crippen LogP contribution is -2.02. The maximum Gasteiger partial charge on any atom is 0.296 e. The van der Waals surface area contributed by atoms with Gasteiger partial charge in [0.25, 0.3) is 10.1 Å². The van der Waals surface area contributed by atoms with Crippen molar-refractivity contribution in [3.05, 3.63) is 84.9 Å². The lowest BCUT2D eigenvalue weighted by molar-refractivity contribution is 0.398. The number of rotatable bonds is 3. The Morgan fingerprint density at radius 2 is 1.29 bits per heavy atom. The summed E-state index contributed by atoms with van der Waals surface area (Å²) in [7, 11) is -2.53. The topological polar surface area (TPSA) is 48.3 Å². The molecule has 1 aromatic heterocycles. The summed E-state index contributed by atoms with van der Waals surface area (Å²) in [5.41, 5.74) is 3.32. The van der Waals surface area contributed by atoms with E-state index >= 15 is 0 Å². The molecule has 0 aliphatic rings. The van der Waals surface area contributed by atoms with Crippen LogP contribution in [0.3, 0.4) is 0 Å². The van der Waals surface area contributed by atoms with Crippen molar-refractivity contribution in [2.45, 2.75) is 4.90 Å². The molecule has 0 saturated heterocycles. The summed E-state index contributed by atoms with van der Waals surface area (Å²) in [4.78, 5) is 0.159. The smallest absolute Gasteiger partial charge is 0.296 e. The summed E-state index contributed by atoms with van der Waals surface area (Å²) in [5, 5.41) is 4.23. The van der Waals surface area contributed by atoms with Crippen LogP contribution in [0.5, 0.6) is 0 Å². The van der Waals surface area contributed by atoms with E-state index in [4.69, 9.17) is 0 Å². The van der Waals surface area contributed by atoms with Crippen LogP contribution in [0.1, 0.15) is 0 Å². The Morgan fingerprint density at radius 1 is 0.714 bits per heavy atom. The maximum absolute atomic E-state index is 12.0. The molecule has 0 atom stereocenters. The van der Waals surface area contributed by atoms with Crippen molar-refractivity contribution in [1.29, 1.82) is 0 Å². The van der Waals surface area contributed by atoms with E-state index in [9.17, 15) is 8.42 Å². The number of para-hydroxylation sites is 2. The minimum Gasteiger partial charge on any atom is -0.309 e. The highest BCUT2D eigenvalue weighted by molar-refractivity contribution is 7.86. The van der Waals surface area contributed by atoms with Gasteiger partial charge in [0.2, 0.25) is 0 Å². The third-order valence-electron chi connectivity index (χ3n) is 5.14. The molecule has 28 heavy (non-hydrogen) atoms. The largest absolute Gasteiger partial charge is 0.309 e. The molecule has 0 radical (unpaired) electrons. The van der Waals surface area contributed by atoms with Gasteiger partial charge in [0.1, 0.15) is 0 Å². The van der Waals surface area contributed by atoms with E-state index in [2.05, 4.69) is 51.2 Å². The van der Waals surface area contributed by atoms with E-state index in [0.29, 0.717) is 0 Å². The van der Waals surface area contributed by atoms with Crippen molar-refractivity contribution in [3.63, 3.8) is 0 Å². The minimum absolute atomic E-state index is 0.159. The standard InChI is InChI=1S/C23H17NO3S/c1-27-28(25,26)19-13-11-16-14-18(12-10-17(16)15-19)24-22-8-4-2-6-20(22)21-7-3-5-9-23(21)24/h2-15H,1H3. The quantitative estimate of drug-likeness (QED) is 0.396. The molecule has 0 aliphatic carbocycles. The lowest BCUT2D eigenvalue weighted by Gasteiger charge is -2.10. The molecule has 5 aromatic rings. The van der Waals surface area contributed by atoms with E-state index in [0.717, 1.165) is 27.5 Å². The van der Waals surface area contributed by atoms with Gasteiger partial charge in [-0.05, 0) is 47.2 Å². The van der Waals surface area contributed by atoms with Crippen molar-refractivity contribution in [1.82, 2.24) is 4.57 Å². The Bertz CT molecular complexity index is 1410. The number of hydrogen-bond acceptors (Lipinski definition) is 3. The summed E-state index contributed by atoms with van der Waals surface area (Å²) in [6.45, 7) is 0. The van der Waals surface area contributed by atoms with Crippen molar-refractivity contribution < 1.29 is 12.6 Å². The third kappa shape index (κ3) is 2.52. The van der Waals surface area contributed by atoms with Gasteiger partial charge in [0.05, 0.1) is 23.0 Å². The maximum atomic E-state index is 12.0. The fourth-order valence-corrected chi connectivity index (χ4v) is 4.50. The zero-order valence-corrected chi connectivity index (χ0v) is 16.0. The Hall–Kier alpha value is -3.15. The van der Waals surface area contributed by atoms with Crippen LogP contribution >= 0.6 is 0 Å². The summed E-state index contributed by atoms with van der Waals surface area (Å²) >= 11 is 0. The number of hydrogen-bond donors (Lipinski definition) is 0. The Morgan fingerprint density at radius 3 is 1.93 bits per heavy atom. The van der Waals surface area contributed by atoms with E-state index in [1.807, 2.05) is 30.3 Å². The predicted octanol–water partition coefficient (Wildman–Crippen LogP) is 5.27. The normalized spacial score (nSPS) is 12.2. The second-order valence-corrected chi connectivity index (χ2v) is 8.40. The monoisotopic (exact) mass is 387 g/mol. The number of aromatic nitrogens is 1. The Labute approximate surface area is 162 Å². The molecular weight excluding hydrogens is 370 g/mol. The van der Waals surface area contributed by atoms with Gasteiger partial charge < -0.3 is 4.57 Å². The average Bonchev–Trinajstić information content (AvgIpc) is 3.07. The molecule has 0 fully saturated rings. The summed E-state index contributed by atoms with van der Waals surface area (Å²) in [6, 6.07) is 27.8. The number of benzene rings is 4. The molecule has 0 spiro atoms. The summed E-state index contributed by atoms with van der Waals surface area (Å²) < 4.78 is 30.8. The Kier molecular flexibility index (Phi) is 3.75. The first-order chi connectivity index (χ1) is 13.6. The molecule has 5 heteroatoms. The zero-order valence-electron chi connectivity index (χ0n) is 15.2. The molecule has 4 nitrogen and oxygen atoms in total. The highest BCUT2D eigenvalue weighted by Crippen LogP contribution is 2.33. The van der Waals surface area contributed by atoms with Crippen LogP contribution in [0.4, 0.5) is 0 Å². The molecule has 4 aromatic carbocycles. The minimum atomic E-state index is -3.71. The molecule has 0 aliphatic heterocycles. The van der Waals surface area contributed by atoms with Crippen molar-refractivity contribution in [2.75, 3.05) is 7.11 Å². The van der Waals surface area contributed by atoms with E-state index < -0.39 is 10.1 Å². The summed E-state index contributed by atoms with van der Waals surface area (Å²) in [5.74, 6) is 0. The highest BCUT2D eigenvalue weighted by Gasteiger charge is 2.15. The van der Waals surface area contributed by atoms with Crippen LogP contribution < -0.4 is 0 Å². The second-order valence-electron chi connectivity index (χ2n) is 6.68. The van der Waals surface area contributed by atoms with Gasteiger partial charge in [-0.1, -0.05) is 48.5 Å². The van der Waals surface area contributed by atoms with Gasteiger partial charge in [-0.25, -0.2) is 0 Å². The molecule has 0 amide bonds. The molecule has 0 saturated carbocycles. The van der Waals surface area contributed by atoms with Crippen LogP contribution in [0.15, 0.2) is 89.8 Å². The van der Waals surface area contributed by atoms with E-state index in [-0.39, 0.29) is 4.90 Å². The zero-order chi connectivity index (χ0) is 19.3. The molecule has 1 heterocycles. The fourth-order valence-electron chi connectivity index (χ4n) is 3.80. The first-order valence-electron chi connectivity index (χ1n) is 8.91. The predicted molar refractivity (Wildman–Crippen MR) is 112 cm³/mol. The number of fused-ring (bicyclic) bond motifs is 4. The van der Waals surface area contributed by atoms with Crippen molar-refractivity contribution >= 4 is 42.7 Å². The van der Waals surface area contributed by atoms with Crippen molar-refractivity contribution in [2.24, 2.45) is 0 Å². The Balaban J connectivity index is 1.77. The van der Waals surface area contributed by atoms with Gasteiger partial charge in [-0.2, -0.15) is 8.42 Å². The summed E-state index contributed by atoms with van der Waals surface area (Å²) in [6.07, 6.45) is 0. The number of nitrogens with zero attached hydrogens (tertiary/aromatic N) is 1. The first kappa shape index (κ1) is 17.0. The van der Waals surface area contributed by atoms with Gasteiger partial charge in [0.15, 0.2) is 0 Å². The fraction of sp³-hybridized carbons (Fsp3) is 0.0435. The highest BCUT2D eigenvalue weighted by atomic mass is 32.2. The van der Waals surface area contributed by atoms with Gasteiger partial charge in [-0.3, -0.25) is 4.18 Å². The molecule has 138 valence electrons. The molecule has 0 unspecified atom stereocenters.